The van der Waals surface area contributed by atoms with Gasteiger partial charge in [-0.3, -0.25) is 4.79 Å². The molecule has 0 radical (unpaired) electrons. The molecule has 1 amide bonds. The van der Waals surface area contributed by atoms with Crippen LogP contribution < -0.4 is 15.6 Å². The highest BCUT2D eigenvalue weighted by atomic mass is 16.6. The van der Waals surface area contributed by atoms with Crippen LogP contribution in [0.5, 0.6) is 5.75 Å². The van der Waals surface area contributed by atoms with Crippen LogP contribution in [-0.2, 0) is 16.1 Å². The van der Waals surface area contributed by atoms with Crippen LogP contribution in [0.3, 0.4) is 0 Å². The van der Waals surface area contributed by atoms with E-state index in [-0.39, 0.29) is 18.1 Å². The molecular formula is C19H22N2O6. The first-order valence-electron chi connectivity index (χ1n) is 8.22. The molecule has 0 fully saturated rings. The van der Waals surface area contributed by atoms with E-state index in [0.29, 0.717) is 0 Å². The number of hydrogen-bond donors (Lipinski definition) is 1. The molecule has 0 aliphatic carbocycles. The van der Waals surface area contributed by atoms with Crippen molar-refractivity contribution in [1.29, 1.82) is 0 Å². The molecule has 0 aliphatic heterocycles. The van der Waals surface area contributed by atoms with Gasteiger partial charge in [-0.05, 0) is 26.3 Å². The summed E-state index contributed by atoms with van der Waals surface area (Å²) in [7, 11) is 1.17. The van der Waals surface area contributed by atoms with Crippen molar-refractivity contribution in [3.05, 3.63) is 64.1 Å². The lowest BCUT2D eigenvalue weighted by molar-refractivity contribution is 0.0573. The second-order valence-electron chi connectivity index (χ2n) is 6.61. The van der Waals surface area contributed by atoms with Crippen molar-refractivity contribution < 1.29 is 23.8 Å². The second kappa shape index (κ2) is 8.39. The first-order valence-corrected chi connectivity index (χ1v) is 8.22. The quantitative estimate of drug-likeness (QED) is 0.809. The Morgan fingerprint density at radius 3 is 2.37 bits per heavy atom. The molecule has 1 N–H and O–H groups in total. The standard InChI is InChI=1S/C19H22N2O6/c1-19(2,3)27-18(24)20-21-11-10-14(22)16(15(21)17(23)25-4)26-12-13-8-6-5-7-9-13/h5-11H,12H2,1-4H3,(H,20,24). The fourth-order valence-corrected chi connectivity index (χ4v) is 2.17. The normalized spacial score (nSPS) is 10.8. The third-order valence-electron chi connectivity index (χ3n) is 3.27. The zero-order valence-electron chi connectivity index (χ0n) is 15.6. The number of rotatable bonds is 5. The molecule has 0 bridgehead atoms. The zero-order valence-corrected chi connectivity index (χ0v) is 15.6. The molecule has 0 unspecified atom stereocenters. The molecule has 0 saturated carbocycles. The topological polar surface area (TPSA) is 95.9 Å². The van der Waals surface area contributed by atoms with Crippen molar-refractivity contribution in [2.45, 2.75) is 33.0 Å². The SMILES string of the molecule is COC(=O)c1c(OCc2ccccc2)c(=O)ccn1NC(=O)OC(C)(C)C. The Balaban J connectivity index is 2.35. The highest BCUT2D eigenvalue weighted by molar-refractivity contribution is 5.91. The van der Waals surface area contributed by atoms with Gasteiger partial charge >= 0.3 is 12.1 Å². The Hall–Kier alpha value is -3.29. The number of aromatic nitrogens is 1. The summed E-state index contributed by atoms with van der Waals surface area (Å²) in [6.45, 7) is 5.17. The number of carbonyl (C=O) groups excluding carboxylic acids is 2. The number of nitrogens with one attached hydrogen (secondary N) is 1. The van der Waals surface area contributed by atoms with Gasteiger partial charge in [0.05, 0.1) is 7.11 Å². The summed E-state index contributed by atoms with van der Waals surface area (Å²) in [5.74, 6) is -1.07. The number of ether oxygens (including phenoxy) is 3. The van der Waals surface area contributed by atoms with Crippen LogP contribution in [0.15, 0.2) is 47.4 Å². The molecule has 1 heterocycles. The van der Waals surface area contributed by atoms with Crippen LogP contribution in [0.25, 0.3) is 0 Å². The Labute approximate surface area is 156 Å². The van der Waals surface area contributed by atoms with Gasteiger partial charge in [0.25, 0.3) is 0 Å². The predicted octanol–water partition coefficient (Wildman–Crippen LogP) is 2.69. The van der Waals surface area contributed by atoms with Crippen LogP contribution in [0.2, 0.25) is 0 Å². The maximum atomic E-state index is 12.3. The van der Waals surface area contributed by atoms with Gasteiger partial charge in [0, 0.05) is 12.3 Å². The molecule has 1 aromatic heterocycles. The summed E-state index contributed by atoms with van der Waals surface area (Å²) >= 11 is 0. The molecule has 2 rings (SSSR count). The van der Waals surface area contributed by atoms with E-state index in [2.05, 4.69) is 5.43 Å². The lowest BCUT2D eigenvalue weighted by Crippen LogP contribution is -2.34. The Morgan fingerprint density at radius 2 is 1.78 bits per heavy atom. The molecule has 2 aromatic rings. The zero-order chi connectivity index (χ0) is 20.0. The third kappa shape index (κ3) is 5.60. The molecular weight excluding hydrogens is 352 g/mol. The minimum atomic E-state index is -0.841. The first kappa shape index (κ1) is 20.0. The van der Waals surface area contributed by atoms with Crippen LogP contribution in [0.4, 0.5) is 4.79 Å². The van der Waals surface area contributed by atoms with E-state index in [4.69, 9.17) is 14.2 Å². The number of benzene rings is 1. The van der Waals surface area contributed by atoms with E-state index in [9.17, 15) is 14.4 Å². The molecule has 27 heavy (non-hydrogen) atoms. The maximum absolute atomic E-state index is 12.3. The summed E-state index contributed by atoms with van der Waals surface area (Å²) in [4.78, 5) is 36.5. The number of esters is 1. The second-order valence-corrected chi connectivity index (χ2v) is 6.61. The van der Waals surface area contributed by atoms with E-state index in [1.807, 2.05) is 30.3 Å². The number of amides is 1. The predicted molar refractivity (Wildman–Crippen MR) is 98.4 cm³/mol. The van der Waals surface area contributed by atoms with Gasteiger partial charge < -0.3 is 14.2 Å². The first-order chi connectivity index (χ1) is 12.7. The summed E-state index contributed by atoms with van der Waals surface area (Å²) in [5.41, 5.74) is 1.69. The fourth-order valence-electron chi connectivity index (χ4n) is 2.17. The van der Waals surface area contributed by atoms with E-state index >= 15 is 0 Å². The van der Waals surface area contributed by atoms with Crippen molar-refractivity contribution in [2.24, 2.45) is 0 Å². The summed E-state index contributed by atoms with van der Waals surface area (Å²) in [5, 5.41) is 0. The van der Waals surface area contributed by atoms with Gasteiger partial charge in [-0.15, -0.1) is 0 Å². The van der Waals surface area contributed by atoms with Crippen molar-refractivity contribution in [3.8, 4) is 5.75 Å². The van der Waals surface area contributed by atoms with Crippen molar-refractivity contribution in [2.75, 3.05) is 12.5 Å². The lowest BCUT2D eigenvalue weighted by Gasteiger charge is -2.21. The molecule has 144 valence electrons. The third-order valence-corrected chi connectivity index (χ3v) is 3.27. The largest absolute Gasteiger partial charge is 0.482 e. The summed E-state index contributed by atoms with van der Waals surface area (Å²) in [6, 6.07) is 10.3. The Morgan fingerprint density at radius 1 is 1.11 bits per heavy atom. The minimum Gasteiger partial charge on any atom is -0.482 e. The van der Waals surface area contributed by atoms with Gasteiger partial charge in [-0.2, -0.15) is 0 Å². The van der Waals surface area contributed by atoms with Gasteiger partial charge in [-0.25, -0.2) is 19.7 Å². The van der Waals surface area contributed by atoms with E-state index in [0.717, 1.165) is 10.2 Å². The van der Waals surface area contributed by atoms with Gasteiger partial charge in [-0.1, -0.05) is 30.3 Å². The number of carbonyl (C=O) groups is 2. The highest BCUT2D eigenvalue weighted by Crippen LogP contribution is 2.16. The molecule has 8 nitrogen and oxygen atoms in total. The molecule has 0 saturated heterocycles. The lowest BCUT2D eigenvalue weighted by atomic mass is 10.2. The number of methoxy groups -OCH3 is 1. The van der Waals surface area contributed by atoms with Gasteiger partial charge in [0.2, 0.25) is 5.43 Å². The molecule has 0 aliphatic rings. The maximum Gasteiger partial charge on any atom is 0.426 e. The van der Waals surface area contributed by atoms with E-state index in [1.54, 1.807) is 20.8 Å². The summed E-state index contributed by atoms with van der Waals surface area (Å²) < 4.78 is 16.5. The molecule has 1 aromatic carbocycles. The average molecular weight is 374 g/mol. The molecule has 0 spiro atoms. The van der Waals surface area contributed by atoms with Crippen molar-refractivity contribution >= 4 is 12.1 Å². The molecule has 8 heteroatoms. The minimum absolute atomic E-state index is 0.0660. The van der Waals surface area contributed by atoms with Crippen LogP contribution >= 0.6 is 0 Å². The molecule has 0 atom stereocenters. The smallest absolute Gasteiger partial charge is 0.426 e. The van der Waals surface area contributed by atoms with E-state index in [1.165, 1.54) is 19.4 Å². The van der Waals surface area contributed by atoms with E-state index < -0.39 is 23.1 Å². The van der Waals surface area contributed by atoms with Crippen molar-refractivity contribution in [1.82, 2.24) is 4.68 Å². The fraction of sp³-hybridized carbons (Fsp3) is 0.316. The van der Waals surface area contributed by atoms with Crippen LogP contribution in [0.1, 0.15) is 36.8 Å². The Kier molecular flexibility index (Phi) is 6.23. The van der Waals surface area contributed by atoms with Crippen LogP contribution in [0, 0.1) is 0 Å². The van der Waals surface area contributed by atoms with Gasteiger partial charge in [0.1, 0.15) is 12.2 Å². The number of hydrogen-bond acceptors (Lipinski definition) is 6. The average Bonchev–Trinajstić information content (AvgIpc) is 2.60. The highest BCUT2D eigenvalue weighted by Gasteiger charge is 2.24. The number of nitrogens with zero attached hydrogens (tertiary/aromatic N) is 1. The number of pyridine rings is 1. The Bertz CT molecular complexity index is 868. The van der Waals surface area contributed by atoms with Gasteiger partial charge in [0.15, 0.2) is 11.4 Å². The summed E-state index contributed by atoms with van der Waals surface area (Å²) in [6.07, 6.45) is 0.429. The monoisotopic (exact) mass is 374 g/mol. The van der Waals surface area contributed by atoms with Crippen molar-refractivity contribution in [3.63, 3.8) is 0 Å². The van der Waals surface area contributed by atoms with Crippen LogP contribution in [-0.4, -0.2) is 29.4 Å².